The maximum absolute atomic E-state index is 12.2. The Morgan fingerprint density at radius 1 is 0.755 bits per heavy atom. The second-order valence-electron chi connectivity index (χ2n) is 15.8. The molecule has 0 radical (unpaired) electrons. The van der Waals surface area contributed by atoms with Gasteiger partial charge in [0.15, 0.2) is 0 Å². The summed E-state index contributed by atoms with van der Waals surface area (Å²) in [7, 11) is 0. The molecule has 0 aliphatic carbocycles. The monoisotopic (exact) mass is 670 g/mol. The van der Waals surface area contributed by atoms with Gasteiger partial charge in [-0.25, -0.2) is 4.79 Å². The van der Waals surface area contributed by atoms with E-state index < -0.39 is 18.2 Å². The lowest BCUT2D eigenvalue weighted by atomic mass is 9.71. The van der Waals surface area contributed by atoms with E-state index in [1.165, 1.54) is 41.5 Å². The highest BCUT2D eigenvalue weighted by Crippen LogP contribution is 2.37. The van der Waals surface area contributed by atoms with Crippen LogP contribution in [0.5, 0.6) is 5.75 Å². The lowest BCUT2D eigenvalue weighted by molar-refractivity contribution is -0.138. The first-order chi connectivity index (χ1) is 23.1. The Kier molecular flexibility index (Phi) is 14.7. The largest absolute Gasteiger partial charge is 0.493 e. The van der Waals surface area contributed by atoms with Gasteiger partial charge in [-0.05, 0) is 94.5 Å². The molecule has 49 heavy (non-hydrogen) atoms. The van der Waals surface area contributed by atoms with Gasteiger partial charge in [0.05, 0.1) is 25.4 Å². The van der Waals surface area contributed by atoms with Crippen LogP contribution >= 0.6 is 0 Å². The van der Waals surface area contributed by atoms with E-state index in [1.807, 2.05) is 47.6 Å². The van der Waals surface area contributed by atoms with Crippen LogP contribution in [0.15, 0.2) is 72.8 Å². The highest BCUT2D eigenvalue weighted by atomic mass is 16.5. The number of benzene rings is 3. The van der Waals surface area contributed by atoms with Gasteiger partial charge in [-0.15, -0.1) is 0 Å². The summed E-state index contributed by atoms with van der Waals surface area (Å²) in [6, 6.07) is 21.9. The zero-order valence-electron chi connectivity index (χ0n) is 31.7. The fourth-order valence-corrected chi connectivity index (χ4v) is 6.33. The number of rotatable bonds is 17. The van der Waals surface area contributed by atoms with Crippen molar-refractivity contribution in [3.05, 3.63) is 89.5 Å². The summed E-state index contributed by atoms with van der Waals surface area (Å²) in [5.74, 6) is -0.0631. The number of aryl methyl sites for hydroxylation is 2. The average Bonchev–Trinajstić information content (AvgIpc) is 3.05. The molecule has 3 aromatic carbocycles. The number of carbonyl (C=O) groups excluding carboxylic acids is 1. The van der Waals surface area contributed by atoms with E-state index >= 15 is 0 Å². The van der Waals surface area contributed by atoms with Crippen molar-refractivity contribution < 1.29 is 24.5 Å². The van der Waals surface area contributed by atoms with Gasteiger partial charge < -0.3 is 19.7 Å². The Bertz CT molecular complexity index is 1490. The van der Waals surface area contributed by atoms with E-state index in [1.54, 1.807) is 6.92 Å². The molecule has 3 rings (SSSR count). The number of carbonyl (C=O) groups is 1. The van der Waals surface area contributed by atoms with Crippen molar-refractivity contribution >= 4 is 5.97 Å². The summed E-state index contributed by atoms with van der Waals surface area (Å²) < 4.78 is 11.9. The van der Waals surface area contributed by atoms with Crippen molar-refractivity contribution in [2.45, 2.75) is 119 Å². The summed E-state index contributed by atoms with van der Waals surface area (Å²) in [6.07, 6.45) is 5.30. The van der Waals surface area contributed by atoms with Crippen molar-refractivity contribution in [3.8, 4) is 28.0 Å². The predicted octanol–water partition coefficient (Wildman–Crippen LogP) is 10.2. The molecule has 5 nitrogen and oxygen atoms in total. The SMILES string of the molecule is C=C(C)C(=O)OCCc1cc(-c2ccc(-c3ccc(CCCCC)cc3)cc2CC)ccc1OCCC(C(O)C(C)(C)C)C(O)C(C)(C)C. The number of hydrogen-bond donors (Lipinski definition) is 2. The number of esters is 1. The number of aliphatic hydroxyl groups excluding tert-OH is 2. The number of hydrogen-bond acceptors (Lipinski definition) is 5. The van der Waals surface area contributed by atoms with Crippen molar-refractivity contribution in [1.82, 2.24) is 0 Å². The Morgan fingerprint density at radius 2 is 1.35 bits per heavy atom. The van der Waals surface area contributed by atoms with Crippen LogP contribution in [0.2, 0.25) is 0 Å². The van der Waals surface area contributed by atoms with Crippen LogP contribution in [0.1, 0.15) is 105 Å². The molecule has 2 N–H and O–H groups in total. The first-order valence-corrected chi connectivity index (χ1v) is 18.2. The summed E-state index contributed by atoms with van der Waals surface area (Å²) in [5.41, 5.74) is 7.83. The van der Waals surface area contributed by atoms with Gasteiger partial charge in [0, 0.05) is 17.9 Å². The van der Waals surface area contributed by atoms with Crippen molar-refractivity contribution in [2.24, 2.45) is 16.7 Å². The predicted molar refractivity (Wildman–Crippen MR) is 204 cm³/mol. The fraction of sp³-hybridized carbons (Fsp3) is 0.523. The molecule has 0 fully saturated rings. The molecular formula is C44H62O5. The van der Waals surface area contributed by atoms with Crippen LogP contribution in [0.3, 0.4) is 0 Å². The molecule has 0 spiro atoms. The van der Waals surface area contributed by atoms with Crippen LogP contribution in [0.25, 0.3) is 22.3 Å². The molecule has 5 heteroatoms. The minimum Gasteiger partial charge on any atom is -0.493 e. The van der Waals surface area contributed by atoms with E-state index in [2.05, 4.69) is 75.0 Å². The quantitative estimate of drug-likeness (QED) is 0.0849. The molecule has 0 aliphatic heterocycles. The van der Waals surface area contributed by atoms with E-state index in [4.69, 9.17) is 9.47 Å². The van der Waals surface area contributed by atoms with Gasteiger partial charge in [0.25, 0.3) is 0 Å². The summed E-state index contributed by atoms with van der Waals surface area (Å²) in [4.78, 5) is 12.2. The second-order valence-corrected chi connectivity index (χ2v) is 15.8. The van der Waals surface area contributed by atoms with Gasteiger partial charge in [0.1, 0.15) is 5.75 Å². The topological polar surface area (TPSA) is 76.0 Å². The molecule has 2 atom stereocenters. The molecule has 0 aromatic heterocycles. The number of aliphatic hydroxyl groups is 2. The minimum atomic E-state index is -0.701. The Labute approximate surface area is 296 Å². The normalized spacial score (nSPS) is 13.9. The molecular weight excluding hydrogens is 608 g/mol. The Hall–Kier alpha value is -3.41. The molecule has 0 saturated carbocycles. The zero-order chi connectivity index (χ0) is 36.4. The molecule has 0 bridgehead atoms. The third-order valence-corrected chi connectivity index (χ3v) is 9.46. The lowest BCUT2D eigenvalue weighted by Crippen LogP contribution is -2.46. The fourth-order valence-electron chi connectivity index (χ4n) is 6.33. The zero-order valence-corrected chi connectivity index (χ0v) is 31.7. The van der Waals surface area contributed by atoms with E-state index in [0.717, 1.165) is 29.5 Å². The van der Waals surface area contributed by atoms with Gasteiger partial charge in [-0.3, -0.25) is 0 Å². The smallest absolute Gasteiger partial charge is 0.333 e. The maximum atomic E-state index is 12.2. The molecule has 0 heterocycles. The van der Waals surface area contributed by atoms with E-state index in [9.17, 15) is 15.0 Å². The molecule has 268 valence electrons. The Morgan fingerprint density at radius 3 is 1.92 bits per heavy atom. The first kappa shape index (κ1) is 40.0. The van der Waals surface area contributed by atoms with Crippen LogP contribution in [-0.4, -0.2) is 41.6 Å². The molecule has 2 unspecified atom stereocenters. The van der Waals surface area contributed by atoms with Gasteiger partial charge in [0.2, 0.25) is 0 Å². The van der Waals surface area contributed by atoms with E-state index in [-0.39, 0.29) is 23.4 Å². The van der Waals surface area contributed by atoms with Crippen LogP contribution in [-0.2, 0) is 28.8 Å². The average molecular weight is 671 g/mol. The van der Waals surface area contributed by atoms with Crippen molar-refractivity contribution in [2.75, 3.05) is 13.2 Å². The summed E-state index contributed by atoms with van der Waals surface area (Å²) >= 11 is 0. The van der Waals surface area contributed by atoms with Crippen molar-refractivity contribution in [1.29, 1.82) is 0 Å². The summed E-state index contributed by atoms with van der Waals surface area (Å²) in [6.45, 7) is 22.2. The van der Waals surface area contributed by atoms with E-state index in [0.29, 0.717) is 30.8 Å². The van der Waals surface area contributed by atoms with Gasteiger partial charge in [-0.1, -0.05) is 123 Å². The third-order valence-electron chi connectivity index (χ3n) is 9.46. The van der Waals surface area contributed by atoms with Gasteiger partial charge in [-0.2, -0.15) is 0 Å². The lowest BCUT2D eigenvalue weighted by Gasteiger charge is -2.40. The Balaban J connectivity index is 1.89. The van der Waals surface area contributed by atoms with Crippen LogP contribution < -0.4 is 4.74 Å². The summed E-state index contributed by atoms with van der Waals surface area (Å²) in [5, 5.41) is 22.5. The molecule has 3 aromatic rings. The highest BCUT2D eigenvalue weighted by Gasteiger charge is 2.39. The highest BCUT2D eigenvalue weighted by molar-refractivity contribution is 5.86. The standard InChI is InChI=1S/C44H62O5/c1-11-13-14-15-31-16-18-33(19-17-31)34-20-22-37(32(12-2)28-34)35-21-23-39(36(29-35)24-26-49-42(47)30(3)4)48-27-25-38(40(45)43(5,6)7)41(46)44(8,9)10/h16-23,28-29,38,40-41,45-46H,3,11-15,24-27H2,1-2,4-10H3. The number of unbranched alkanes of at least 4 members (excludes halogenated alkanes) is 2. The molecule has 0 aliphatic rings. The van der Waals surface area contributed by atoms with Crippen LogP contribution in [0.4, 0.5) is 0 Å². The first-order valence-electron chi connectivity index (χ1n) is 18.2. The number of ether oxygens (including phenoxy) is 2. The van der Waals surface area contributed by atoms with Gasteiger partial charge >= 0.3 is 5.97 Å². The second kappa shape index (κ2) is 18.0. The molecule has 0 amide bonds. The molecule has 0 saturated heterocycles. The van der Waals surface area contributed by atoms with Crippen LogP contribution in [0, 0.1) is 16.7 Å². The maximum Gasteiger partial charge on any atom is 0.333 e. The minimum absolute atomic E-state index is 0.202. The van der Waals surface area contributed by atoms with Crippen molar-refractivity contribution in [3.63, 3.8) is 0 Å². The third kappa shape index (κ3) is 11.6.